The largest absolute Gasteiger partial charge is 0.369 e. The quantitative estimate of drug-likeness (QED) is 0.334. The standard InChI is InChI=1S/C31H43N5O2/c1-2-3-20-33-30(38)34-22-26-14-16-27(17-15-26)23-36-28(37)31(35-29(36)32,21-25-12-8-5-9-13-25)19-18-24-10-6-4-7-11-24/h5,8-9,12-17,24H,2-4,6-7,10-11,18-23H2,1H3,(H2,32,35)(H2,33,34,38). The molecule has 1 saturated carbocycles. The number of carbonyl (C=O) groups is 2. The van der Waals surface area contributed by atoms with E-state index in [4.69, 9.17) is 10.7 Å². The molecule has 2 aromatic rings. The first-order chi connectivity index (χ1) is 18.5. The molecular formula is C31H43N5O2. The highest BCUT2D eigenvalue weighted by atomic mass is 16.2. The molecule has 2 aromatic carbocycles. The fraction of sp³-hybridized carbons (Fsp3) is 0.516. The van der Waals surface area contributed by atoms with Crippen LogP contribution in [0.5, 0.6) is 0 Å². The van der Waals surface area contributed by atoms with E-state index in [0.29, 0.717) is 37.9 Å². The Balaban J connectivity index is 1.40. The molecule has 0 bridgehead atoms. The Bertz CT molecular complexity index is 1080. The molecule has 2 aliphatic rings. The lowest BCUT2D eigenvalue weighted by atomic mass is 9.79. The zero-order valence-electron chi connectivity index (χ0n) is 22.8. The van der Waals surface area contributed by atoms with Gasteiger partial charge in [0.2, 0.25) is 0 Å². The summed E-state index contributed by atoms with van der Waals surface area (Å²) in [6.45, 7) is 3.61. The summed E-state index contributed by atoms with van der Waals surface area (Å²) in [5, 5.41) is 5.74. The predicted molar refractivity (Wildman–Crippen MR) is 152 cm³/mol. The number of nitrogens with two attached hydrogens (primary N) is 1. The third kappa shape index (κ3) is 7.36. The smallest absolute Gasteiger partial charge is 0.315 e. The van der Waals surface area contributed by atoms with Crippen molar-refractivity contribution in [3.8, 4) is 0 Å². The Hall–Kier alpha value is -3.35. The summed E-state index contributed by atoms with van der Waals surface area (Å²) in [6.07, 6.45) is 10.7. The normalized spacial score (nSPS) is 19.9. The van der Waals surface area contributed by atoms with Gasteiger partial charge in [-0.15, -0.1) is 0 Å². The Labute approximate surface area is 227 Å². The summed E-state index contributed by atoms with van der Waals surface area (Å²) in [5.41, 5.74) is 8.67. The van der Waals surface area contributed by atoms with E-state index in [1.54, 1.807) is 4.90 Å². The number of urea groups is 1. The maximum absolute atomic E-state index is 13.9. The number of hydrogen-bond acceptors (Lipinski definition) is 4. The van der Waals surface area contributed by atoms with Gasteiger partial charge in [-0.3, -0.25) is 9.69 Å². The average molecular weight is 518 g/mol. The fourth-order valence-electron chi connectivity index (χ4n) is 5.62. The molecular weight excluding hydrogens is 474 g/mol. The first-order valence-electron chi connectivity index (χ1n) is 14.3. The van der Waals surface area contributed by atoms with E-state index in [1.165, 1.54) is 32.1 Å². The van der Waals surface area contributed by atoms with Crippen molar-refractivity contribution >= 4 is 17.9 Å². The summed E-state index contributed by atoms with van der Waals surface area (Å²) in [5.74, 6) is 0.984. The third-order valence-corrected chi connectivity index (χ3v) is 7.91. The van der Waals surface area contributed by atoms with Crippen LogP contribution in [0.25, 0.3) is 0 Å². The van der Waals surface area contributed by atoms with Crippen LogP contribution in [0.15, 0.2) is 59.6 Å². The van der Waals surface area contributed by atoms with E-state index < -0.39 is 5.54 Å². The van der Waals surface area contributed by atoms with Crippen LogP contribution in [0, 0.1) is 5.92 Å². The van der Waals surface area contributed by atoms with Gasteiger partial charge in [-0.25, -0.2) is 9.79 Å². The number of unbranched alkanes of at least 4 members (excludes halogenated alkanes) is 1. The molecule has 0 spiro atoms. The highest BCUT2D eigenvalue weighted by Crippen LogP contribution is 2.36. The van der Waals surface area contributed by atoms with Gasteiger partial charge in [-0.05, 0) is 41.9 Å². The molecule has 0 saturated heterocycles. The number of guanidine groups is 1. The van der Waals surface area contributed by atoms with Crippen LogP contribution < -0.4 is 16.4 Å². The Morgan fingerprint density at radius 2 is 1.71 bits per heavy atom. The van der Waals surface area contributed by atoms with Crippen LogP contribution >= 0.6 is 0 Å². The van der Waals surface area contributed by atoms with E-state index in [9.17, 15) is 9.59 Å². The molecule has 4 rings (SSSR count). The van der Waals surface area contributed by atoms with Gasteiger partial charge in [0.05, 0.1) is 6.54 Å². The van der Waals surface area contributed by atoms with Crippen molar-refractivity contribution in [1.82, 2.24) is 15.5 Å². The molecule has 38 heavy (non-hydrogen) atoms. The molecule has 7 nitrogen and oxygen atoms in total. The minimum Gasteiger partial charge on any atom is -0.369 e. The van der Waals surface area contributed by atoms with Crippen molar-refractivity contribution in [2.45, 2.75) is 89.8 Å². The summed E-state index contributed by atoms with van der Waals surface area (Å²) in [4.78, 5) is 32.4. The number of hydrogen-bond donors (Lipinski definition) is 3. The molecule has 0 aromatic heterocycles. The Morgan fingerprint density at radius 3 is 2.42 bits per heavy atom. The highest BCUT2D eigenvalue weighted by molar-refractivity contribution is 6.06. The fourth-order valence-corrected chi connectivity index (χ4v) is 5.62. The second-order valence-corrected chi connectivity index (χ2v) is 10.9. The number of nitrogens with zero attached hydrogens (tertiary/aromatic N) is 2. The zero-order chi connectivity index (χ0) is 26.8. The van der Waals surface area contributed by atoms with Gasteiger partial charge in [0.15, 0.2) is 5.96 Å². The van der Waals surface area contributed by atoms with Gasteiger partial charge in [0.1, 0.15) is 5.54 Å². The lowest BCUT2D eigenvalue weighted by Gasteiger charge is -2.29. The third-order valence-electron chi connectivity index (χ3n) is 7.91. The first-order valence-corrected chi connectivity index (χ1v) is 14.3. The van der Waals surface area contributed by atoms with E-state index >= 15 is 0 Å². The van der Waals surface area contributed by atoms with Gasteiger partial charge in [0.25, 0.3) is 5.91 Å². The maximum atomic E-state index is 13.9. The van der Waals surface area contributed by atoms with Gasteiger partial charge in [-0.1, -0.05) is 100 Å². The Morgan fingerprint density at radius 1 is 1.00 bits per heavy atom. The van der Waals surface area contributed by atoms with Gasteiger partial charge >= 0.3 is 6.03 Å². The van der Waals surface area contributed by atoms with Crippen molar-refractivity contribution in [3.05, 3.63) is 71.3 Å². The lowest BCUT2D eigenvalue weighted by molar-refractivity contribution is -0.132. The zero-order valence-corrected chi connectivity index (χ0v) is 22.8. The lowest BCUT2D eigenvalue weighted by Crippen LogP contribution is -2.45. The second-order valence-electron chi connectivity index (χ2n) is 10.9. The maximum Gasteiger partial charge on any atom is 0.315 e. The van der Waals surface area contributed by atoms with Crippen LogP contribution in [0.1, 0.15) is 81.4 Å². The molecule has 1 unspecified atom stereocenters. The van der Waals surface area contributed by atoms with Crippen molar-refractivity contribution in [2.75, 3.05) is 6.54 Å². The summed E-state index contributed by atoms with van der Waals surface area (Å²) in [6, 6.07) is 18.0. The van der Waals surface area contributed by atoms with Gasteiger partial charge < -0.3 is 16.4 Å². The monoisotopic (exact) mass is 517 g/mol. The molecule has 1 heterocycles. The van der Waals surface area contributed by atoms with Crippen molar-refractivity contribution in [3.63, 3.8) is 0 Å². The minimum absolute atomic E-state index is 0.00385. The number of benzene rings is 2. The summed E-state index contributed by atoms with van der Waals surface area (Å²) < 4.78 is 0. The first kappa shape index (κ1) is 27.7. The number of amides is 3. The van der Waals surface area contributed by atoms with Crippen LogP contribution in [0.2, 0.25) is 0 Å². The van der Waals surface area contributed by atoms with Crippen molar-refractivity contribution in [1.29, 1.82) is 0 Å². The van der Waals surface area contributed by atoms with E-state index in [2.05, 4.69) is 29.7 Å². The number of aliphatic imine (C=N–C) groups is 1. The summed E-state index contributed by atoms with van der Waals surface area (Å²) in [7, 11) is 0. The predicted octanol–water partition coefficient (Wildman–Crippen LogP) is 5.28. The van der Waals surface area contributed by atoms with Gasteiger partial charge in [-0.2, -0.15) is 0 Å². The van der Waals surface area contributed by atoms with Crippen molar-refractivity contribution in [2.24, 2.45) is 16.6 Å². The molecule has 1 aliphatic carbocycles. The second kappa shape index (κ2) is 13.4. The Kier molecular flexibility index (Phi) is 9.79. The van der Waals surface area contributed by atoms with E-state index in [-0.39, 0.29) is 11.9 Å². The number of carbonyl (C=O) groups excluding carboxylic acids is 2. The van der Waals surface area contributed by atoms with Gasteiger partial charge in [0, 0.05) is 19.5 Å². The average Bonchev–Trinajstić information content (AvgIpc) is 3.17. The topological polar surface area (TPSA) is 99.8 Å². The van der Waals surface area contributed by atoms with E-state index in [1.807, 2.05) is 42.5 Å². The molecule has 1 aliphatic heterocycles. The highest BCUT2D eigenvalue weighted by Gasteiger charge is 2.47. The molecule has 0 radical (unpaired) electrons. The van der Waals surface area contributed by atoms with E-state index in [0.717, 1.165) is 42.4 Å². The molecule has 204 valence electrons. The number of rotatable bonds is 12. The van der Waals surface area contributed by atoms with Crippen LogP contribution in [0.4, 0.5) is 4.79 Å². The minimum atomic E-state index is -0.835. The molecule has 1 atom stereocenters. The SMILES string of the molecule is CCCCNC(=O)NCc1ccc(CN2C(=O)C(CCC3CCCCC3)(Cc3ccccc3)N=C2N)cc1. The van der Waals surface area contributed by atoms with Crippen molar-refractivity contribution < 1.29 is 9.59 Å². The molecule has 7 heteroatoms. The van der Waals surface area contributed by atoms with Crippen LogP contribution in [-0.4, -0.2) is 34.9 Å². The molecule has 4 N–H and O–H groups in total. The summed E-state index contributed by atoms with van der Waals surface area (Å²) >= 11 is 0. The van der Waals surface area contributed by atoms with Crippen LogP contribution in [-0.2, 0) is 24.3 Å². The molecule has 1 fully saturated rings. The van der Waals surface area contributed by atoms with Crippen LogP contribution in [0.3, 0.4) is 0 Å². The number of nitrogens with one attached hydrogen (secondary N) is 2. The molecule has 3 amide bonds.